The van der Waals surface area contributed by atoms with Crippen molar-refractivity contribution in [3.63, 3.8) is 0 Å². The molecule has 19 heavy (non-hydrogen) atoms. The van der Waals surface area contributed by atoms with E-state index in [0.29, 0.717) is 12.8 Å². The van der Waals surface area contributed by atoms with Crippen molar-refractivity contribution in [2.75, 3.05) is 6.54 Å². The van der Waals surface area contributed by atoms with Gasteiger partial charge in [0.25, 0.3) is 0 Å². The number of carbonyl (C=O) groups is 2. The van der Waals surface area contributed by atoms with Crippen molar-refractivity contribution in [1.82, 2.24) is 5.32 Å². The van der Waals surface area contributed by atoms with E-state index in [0.717, 1.165) is 5.56 Å². The van der Waals surface area contributed by atoms with Gasteiger partial charge in [0.15, 0.2) is 6.10 Å². The highest BCUT2D eigenvalue weighted by atomic mass is 16.4. The van der Waals surface area contributed by atoms with E-state index in [9.17, 15) is 9.59 Å². The molecule has 0 bridgehead atoms. The van der Waals surface area contributed by atoms with Crippen molar-refractivity contribution >= 4 is 11.9 Å². The lowest BCUT2D eigenvalue weighted by Gasteiger charge is -2.13. The number of benzene rings is 1. The molecule has 1 aromatic carbocycles. The Morgan fingerprint density at radius 1 is 1.26 bits per heavy atom. The topological polar surface area (TPSA) is 113 Å². The first kappa shape index (κ1) is 15.1. The number of amides is 1. The molecule has 1 rings (SSSR count). The summed E-state index contributed by atoms with van der Waals surface area (Å²) < 4.78 is 0. The summed E-state index contributed by atoms with van der Waals surface area (Å²) in [6, 6.07) is 8.89. The summed E-state index contributed by atoms with van der Waals surface area (Å²) in [5.74, 6) is -1.84. The van der Waals surface area contributed by atoms with Crippen molar-refractivity contribution in [2.24, 2.45) is 5.73 Å². The third-order valence-corrected chi connectivity index (χ3v) is 2.68. The van der Waals surface area contributed by atoms with Crippen molar-refractivity contribution in [1.29, 1.82) is 0 Å². The Balaban J connectivity index is 2.31. The summed E-state index contributed by atoms with van der Waals surface area (Å²) in [5.41, 5.74) is 6.77. The number of aliphatic hydroxyl groups is 1. The minimum Gasteiger partial charge on any atom is -0.479 e. The highest BCUT2D eigenvalue weighted by molar-refractivity contribution is 5.82. The standard InChI is InChI=1S/C13H18N2O4/c14-10(7-6-9-4-2-1-3-5-9)12(17)15-8-11(16)13(18)19/h1-5,10-11,16H,6-8,14H2,(H,15,17)(H,18,19)/t10-,11-/m0/s1. The molecule has 6 heteroatoms. The van der Waals surface area contributed by atoms with Crippen LogP contribution < -0.4 is 11.1 Å². The molecule has 0 aromatic heterocycles. The summed E-state index contributed by atoms with van der Waals surface area (Å²) in [6.45, 7) is -0.340. The summed E-state index contributed by atoms with van der Waals surface area (Å²) >= 11 is 0. The van der Waals surface area contributed by atoms with E-state index >= 15 is 0 Å². The Bertz CT molecular complexity index is 422. The molecule has 0 aliphatic heterocycles. The number of hydrogen-bond donors (Lipinski definition) is 4. The van der Waals surface area contributed by atoms with Crippen LogP contribution >= 0.6 is 0 Å². The first-order valence-electron chi connectivity index (χ1n) is 5.99. The molecule has 0 fully saturated rings. The largest absolute Gasteiger partial charge is 0.479 e. The number of aliphatic carboxylic acids is 1. The van der Waals surface area contributed by atoms with E-state index in [-0.39, 0.29) is 6.54 Å². The van der Waals surface area contributed by atoms with Gasteiger partial charge in [-0.15, -0.1) is 0 Å². The van der Waals surface area contributed by atoms with E-state index in [2.05, 4.69) is 5.32 Å². The van der Waals surface area contributed by atoms with Gasteiger partial charge in [0.05, 0.1) is 12.6 Å². The smallest absolute Gasteiger partial charge is 0.334 e. The van der Waals surface area contributed by atoms with Gasteiger partial charge in [0.1, 0.15) is 0 Å². The van der Waals surface area contributed by atoms with E-state index in [4.69, 9.17) is 15.9 Å². The zero-order chi connectivity index (χ0) is 14.3. The number of carboxylic acids is 1. The maximum atomic E-state index is 11.6. The van der Waals surface area contributed by atoms with E-state index in [1.165, 1.54) is 0 Å². The molecule has 0 unspecified atom stereocenters. The number of nitrogens with two attached hydrogens (primary N) is 1. The first-order valence-corrected chi connectivity index (χ1v) is 5.99. The molecule has 0 saturated carbocycles. The second-order valence-electron chi connectivity index (χ2n) is 4.23. The second kappa shape index (κ2) is 7.50. The number of carboxylic acid groups (broad SMARTS) is 1. The van der Waals surface area contributed by atoms with Gasteiger partial charge in [-0.3, -0.25) is 4.79 Å². The Labute approximate surface area is 111 Å². The Hall–Kier alpha value is -1.92. The van der Waals surface area contributed by atoms with Crippen LogP contribution in [0, 0.1) is 0 Å². The van der Waals surface area contributed by atoms with Gasteiger partial charge in [-0.05, 0) is 18.4 Å². The summed E-state index contributed by atoms with van der Waals surface area (Å²) in [6.07, 6.45) is -0.485. The Kier molecular flexibility index (Phi) is 5.98. The van der Waals surface area contributed by atoms with Gasteiger partial charge < -0.3 is 21.3 Å². The van der Waals surface area contributed by atoms with Crippen LogP contribution in [0.15, 0.2) is 30.3 Å². The molecule has 0 aliphatic carbocycles. The van der Waals surface area contributed by atoms with Gasteiger partial charge in [0, 0.05) is 0 Å². The lowest BCUT2D eigenvalue weighted by Crippen LogP contribution is -2.45. The molecule has 1 aromatic rings. The fourth-order valence-electron chi connectivity index (χ4n) is 1.51. The summed E-state index contributed by atoms with van der Waals surface area (Å²) in [4.78, 5) is 21.9. The molecule has 104 valence electrons. The molecule has 1 amide bonds. The molecule has 0 spiro atoms. The first-order chi connectivity index (χ1) is 9.00. The van der Waals surface area contributed by atoms with Crippen LogP contribution in [0.5, 0.6) is 0 Å². The Morgan fingerprint density at radius 3 is 2.47 bits per heavy atom. The van der Waals surface area contributed by atoms with E-state index in [1.54, 1.807) is 0 Å². The average Bonchev–Trinajstić information content (AvgIpc) is 2.42. The number of hydrogen-bond acceptors (Lipinski definition) is 4. The minimum absolute atomic E-state index is 0.340. The molecule has 0 heterocycles. The third-order valence-electron chi connectivity index (χ3n) is 2.68. The van der Waals surface area contributed by atoms with Crippen LogP contribution in [0.25, 0.3) is 0 Å². The van der Waals surface area contributed by atoms with Crippen molar-refractivity contribution < 1.29 is 19.8 Å². The van der Waals surface area contributed by atoms with Crippen molar-refractivity contribution in [3.8, 4) is 0 Å². The lowest BCUT2D eigenvalue weighted by atomic mass is 10.1. The van der Waals surface area contributed by atoms with Gasteiger partial charge >= 0.3 is 5.97 Å². The highest BCUT2D eigenvalue weighted by Gasteiger charge is 2.17. The number of nitrogens with one attached hydrogen (secondary N) is 1. The SMILES string of the molecule is N[C@@H](CCc1ccccc1)C(=O)NC[C@H](O)C(=O)O. The molecule has 2 atom stereocenters. The molecule has 0 radical (unpaired) electrons. The van der Waals surface area contributed by atoms with Gasteiger partial charge in [-0.25, -0.2) is 4.79 Å². The third kappa shape index (κ3) is 5.50. The average molecular weight is 266 g/mol. The molecular weight excluding hydrogens is 248 g/mol. The maximum absolute atomic E-state index is 11.6. The normalized spacial score (nSPS) is 13.6. The molecular formula is C13H18N2O4. The van der Waals surface area contributed by atoms with Gasteiger partial charge in [-0.1, -0.05) is 30.3 Å². The zero-order valence-electron chi connectivity index (χ0n) is 10.5. The maximum Gasteiger partial charge on any atom is 0.334 e. The molecule has 0 aliphatic rings. The van der Waals surface area contributed by atoms with Gasteiger partial charge in [-0.2, -0.15) is 0 Å². The minimum atomic E-state index is -1.61. The van der Waals surface area contributed by atoms with Gasteiger partial charge in [0.2, 0.25) is 5.91 Å². The van der Waals surface area contributed by atoms with Crippen LogP contribution in [0.2, 0.25) is 0 Å². The van der Waals surface area contributed by atoms with Crippen molar-refractivity contribution in [3.05, 3.63) is 35.9 Å². The van der Waals surface area contributed by atoms with Crippen LogP contribution in [-0.2, 0) is 16.0 Å². The quantitative estimate of drug-likeness (QED) is 0.532. The molecule has 5 N–H and O–H groups in total. The van der Waals surface area contributed by atoms with Crippen molar-refractivity contribution in [2.45, 2.75) is 25.0 Å². The highest BCUT2D eigenvalue weighted by Crippen LogP contribution is 2.04. The number of aliphatic hydroxyl groups excluding tert-OH is 1. The molecule has 6 nitrogen and oxygen atoms in total. The fourth-order valence-corrected chi connectivity index (χ4v) is 1.51. The van der Waals surface area contributed by atoms with E-state index in [1.807, 2.05) is 30.3 Å². The van der Waals surface area contributed by atoms with E-state index < -0.39 is 24.0 Å². The van der Waals surface area contributed by atoms with Crippen LogP contribution in [0.1, 0.15) is 12.0 Å². The zero-order valence-corrected chi connectivity index (χ0v) is 10.5. The van der Waals surface area contributed by atoms with Crippen LogP contribution in [0.3, 0.4) is 0 Å². The predicted octanol–water partition coefficient (Wildman–Crippen LogP) is -0.492. The fraction of sp³-hybridized carbons (Fsp3) is 0.385. The number of aryl methyl sites for hydroxylation is 1. The van der Waals surface area contributed by atoms with Crippen LogP contribution in [-0.4, -0.2) is 40.8 Å². The van der Waals surface area contributed by atoms with Crippen LogP contribution in [0.4, 0.5) is 0 Å². The lowest BCUT2D eigenvalue weighted by molar-refractivity contribution is -0.146. The summed E-state index contributed by atoms with van der Waals surface area (Å²) in [7, 11) is 0. The monoisotopic (exact) mass is 266 g/mol. The predicted molar refractivity (Wildman–Crippen MR) is 69.4 cm³/mol. The Morgan fingerprint density at radius 2 is 1.89 bits per heavy atom. The molecule has 0 saturated heterocycles. The number of carbonyl (C=O) groups excluding carboxylic acids is 1. The summed E-state index contributed by atoms with van der Waals surface area (Å²) in [5, 5.41) is 19.8. The second-order valence-corrected chi connectivity index (χ2v) is 4.23. The number of rotatable bonds is 7.